The molecule has 1 aromatic rings. The summed E-state index contributed by atoms with van der Waals surface area (Å²) >= 11 is 6.03. The Morgan fingerprint density at radius 1 is 1.54 bits per heavy atom. The maximum absolute atomic E-state index is 6.03. The van der Waals surface area contributed by atoms with Gasteiger partial charge < -0.3 is 5.32 Å². The topological polar surface area (TPSA) is 12.0 Å². The first-order chi connectivity index (χ1) is 6.25. The van der Waals surface area contributed by atoms with Crippen LogP contribution in [0.3, 0.4) is 0 Å². The molecule has 0 aliphatic rings. The molecule has 2 heteroatoms. The van der Waals surface area contributed by atoms with Crippen molar-refractivity contribution in [1.29, 1.82) is 0 Å². The van der Waals surface area contributed by atoms with Gasteiger partial charge in [0.1, 0.15) is 0 Å². The van der Waals surface area contributed by atoms with Crippen LogP contribution in [0.15, 0.2) is 36.9 Å². The summed E-state index contributed by atoms with van der Waals surface area (Å²) in [5.74, 6) is 0. The van der Waals surface area contributed by atoms with Crippen LogP contribution in [0.5, 0.6) is 0 Å². The van der Waals surface area contributed by atoms with E-state index in [1.165, 1.54) is 0 Å². The van der Waals surface area contributed by atoms with Gasteiger partial charge in [-0.05, 0) is 18.6 Å². The number of nitrogens with one attached hydrogen (secondary N) is 1. The van der Waals surface area contributed by atoms with Crippen LogP contribution in [-0.4, -0.2) is 6.54 Å². The molecule has 0 amide bonds. The fourth-order valence-corrected chi connectivity index (χ4v) is 1.50. The number of hydrogen-bond donors (Lipinski definition) is 1. The van der Waals surface area contributed by atoms with Crippen LogP contribution in [0.1, 0.15) is 18.5 Å². The lowest BCUT2D eigenvalue weighted by atomic mass is 10.1. The Morgan fingerprint density at radius 2 is 2.23 bits per heavy atom. The highest BCUT2D eigenvalue weighted by Gasteiger charge is 2.06. The van der Waals surface area contributed by atoms with Crippen molar-refractivity contribution in [3.63, 3.8) is 0 Å². The van der Waals surface area contributed by atoms with Crippen LogP contribution < -0.4 is 5.32 Å². The zero-order valence-electron chi connectivity index (χ0n) is 7.76. The van der Waals surface area contributed by atoms with E-state index in [0.29, 0.717) is 0 Å². The van der Waals surface area contributed by atoms with Gasteiger partial charge in [-0.3, -0.25) is 0 Å². The predicted octanol–water partition coefficient (Wildman–Crippen LogP) is 3.18. The zero-order valence-corrected chi connectivity index (χ0v) is 8.51. The van der Waals surface area contributed by atoms with Crippen LogP contribution >= 0.6 is 11.6 Å². The average Bonchev–Trinajstić information content (AvgIpc) is 2.15. The Morgan fingerprint density at radius 3 is 2.85 bits per heavy atom. The van der Waals surface area contributed by atoms with E-state index in [1.54, 1.807) is 0 Å². The predicted molar refractivity (Wildman–Crippen MR) is 58.1 cm³/mol. The third-order valence-corrected chi connectivity index (χ3v) is 2.28. The maximum atomic E-state index is 6.03. The Balaban J connectivity index is 2.70. The van der Waals surface area contributed by atoms with Crippen LogP contribution in [0.4, 0.5) is 0 Å². The van der Waals surface area contributed by atoms with E-state index in [1.807, 2.05) is 30.3 Å². The minimum atomic E-state index is 0.270. The van der Waals surface area contributed by atoms with Gasteiger partial charge in [0.2, 0.25) is 0 Å². The van der Waals surface area contributed by atoms with E-state index in [-0.39, 0.29) is 6.04 Å². The lowest BCUT2D eigenvalue weighted by Crippen LogP contribution is -2.18. The molecule has 0 bridgehead atoms. The minimum Gasteiger partial charge on any atom is -0.307 e. The summed E-state index contributed by atoms with van der Waals surface area (Å²) < 4.78 is 0. The Labute approximate surface area is 84.4 Å². The summed E-state index contributed by atoms with van der Waals surface area (Å²) in [5.41, 5.74) is 1.13. The van der Waals surface area contributed by atoms with Gasteiger partial charge in [-0.1, -0.05) is 35.9 Å². The zero-order chi connectivity index (χ0) is 9.68. The molecular weight excluding hydrogens is 182 g/mol. The SMILES string of the molecule is C=CCN[C@@H](C)c1ccccc1Cl. The molecule has 1 atom stereocenters. The van der Waals surface area contributed by atoms with Gasteiger partial charge in [0.05, 0.1) is 0 Å². The normalized spacial score (nSPS) is 12.5. The van der Waals surface area contributed by atoms with E-state index in [0.717, 1.165) is 17.1 Å². The first kappa shape index (κ1) is 10.3. The van der Waals surface area contributed by atoms with Gasteiger partial charge in [0.15, 0.2) is 0 Å². The second kappa shape index (κ2) is 5.05. The smallest absolute Gasteiger partial charge is 0.0453 e. The molecule has 0 aromatic heterocycles. The molecule has 1 N–H and O–H groups in total. The number of hydrogen-bond acceptors (Lipinski definition) is 1. The van der Waals surface area contributed by atoms with Gasteiger partial charge in [0, 0.05) is 17.6 Å². The van der Waals surface area contributed by atoms with E-state index < -0.39 is 0 Å². The highest BCUT2D eigenvalue weighted by Crippen LogP contribution is 2.21. The number of benzene rings is 1. The Kier molecular flexibility index (Phi) is 4.00. The third-order valence-electron chi connectivity index (χ3n) is 1.94. The molecule has 0 fully saturated rings. The van der Waals surface area contributed by atoms with Crippen molar-refractivity contribution in [2.24, 2.45) is 0 Å². The highest BCUT2D eigenvalue weighted by molar-refractivity contribution is 6.31. The van der Waals surface area contributed by atoms with Crippen molar-refractivity contribution in [3.05, 3.63) is 47.5 Å². The average molecular weight is 196 g/mol. The fraction of sp³-hybridized carbons (Fsp3) is 0.273. The largest absolute Gasteiger partial charge is 0.307 e. The van der Waals surface area contributed by atoms with Crippen molar-refractivity contribution < 1.29 is 0 Å². The monoisotopic (exact) mass is 195 g/mol. The molecule has 0 saturated heterocycles. The van der Waals surface area contributed by atoms with Gasteiger partial charge in [-0.25, -0.2) is 0 Å². The van der Waals surface area contributed by atoms with Gasteiger partial charge in [-0.2, -0.15) is 0 Å². The quantitative estimate of drug-likeness (QED) is 0.728. The van der Waals surface area contributed by atoms with Crippen molar-refractivity contribution >= 4 is 11.6 Å². The molecule has 13 heavy (non-hydrogen) atoms. The van der Waals surface area contributed by atoms with Gasteiger partial charge in [0.25, 0.3) is 0 Å². The lowest BCUT2D eigenvalue weighted by molar-refractivity contribution is 0.618. The van der Waals surface area contributed by atoms with Crippen LogP contribution in [-0.2, 0) is 0 Å². The number of rotatable bonds is 4. The molecule has 0 aliphatic heterocycles. The van der Waals surface area contributed by atoms with E-state index >= 15 is 0 Å². The summed E-state index contributed by atoms with van der Waals surface area (Å²) in [6.45, 7) is 6.54. The van der Waals surface area contributed by atoms with E-state index in [4.69, 9.17) is 11.6 Å². The van der Waals surface area contributed by atoms with Gasteiger partial charge >= 0.3 is 0 Å². The van der Waals surface area contributed by atoms with Crippen LogP contribution in [0.25, 0.3) is 0 Å². The summed E-state index contributed by atoms with van der Waals surface area (Å²) in [5, 5.41) is 4.10. The van der Waals surface area contributed by atoms with E-state index in [9.17, 15) is 0 Å². The molecule has 1 aromatic carbocycles. The summed E-state index contributed by atoms with van der Waals surface area (Å²) in [4.78, 5) is 0. The third kappa shape index (κ3) is 2.87. The molecular formula is C11H14ClN. The van der Waals surface area contributed by atoms with Crippen molar-refractivity contribution in [1.82, 2.24) is 5.32 Å². The summed E-state index contributed by atoms with van der Waals surface area (Å²) in [6.07, 6.45) is 1.84. The molecule has 0 radical (unpaired) electrons. The van der Waals surface area contributed by atoms with Crippen LogP contribution in [0, 0.1) is 0 Å². The summed E-state index contributed by atoms with van der Waals surface area (Å²) in [6, 6.07) is 8.14. The second-order valence-corrected chi connectivity index (χ2v) is 3.35. The highest BCUT2D eigenvalue weighted by atomic mass is 35.5. The molecule has 1 nitrogen and oxygen atoms in total. The van der Waals surface area contributed by atoms with E-state index in [2.05, 4.69) is 18.8 Å². The molecule has 0 saturated carbocycles. The number of halogens is 1. The Bertz CT molecular complexity index is 283. The minimum absolute atomic E-state index is 0.270. The van der Waals surface area contributed by atoms with Crippen molar-refractivity contribution in [2.75, 3.05) is 6.54 Å². The maximum Gasteiger partial charge on any atom is 0.0453 e. The summed E-state index contributed by atoms with van der Waals surface area (Å²) in [7, 11) is 0. The van der Waals surface area contributed by atoms with Crippen molar-refractivity contribution in [2.45, 2.75) is 13.0 Å². The molecule has 0 unspecified atom stereocenters. The second-order valence-electron chi connectivity index (χ2n) is 2.94. The molecule has 0 spiro atoms. The van der Waals surface area contributed by atoms with Gasteiger partial charge in [-0.15, -0.1) is 6.58 Å². The molecule has 1 rings (SSSR count). The first-order valence-corrected chi connectivity index (χ1v) is 4.72. The van der Waals surface area contributed by atoms with Crippen LogP contribution in [0.2, 0.25) is 5.02 Å². The van der Waals surface area contributed by atoms with Crippen molar-refractivity contribution in [3.8, 4) is 0 Å². The molecule has 70 valence electrons. The molecule has 0 aliphatic carbocycles. The Hall–Kier alpha value is -0.790. The first-order valence-electron chi connectivity index (χ1n) is 4.34. The molecule has 0 heterocycles. The lowest BCUT2D eigenvalue weighted by Gasteiger charge is -2.13. The standard InChI is InChI=1S/C11H14ClN/c1-3-8-13-9(2)10-6-4-5-7-11(10)12/h3-7,9,13H,1,8H2,2H3/t9-/m0/s1. The fourth-order valence-electron chi connectivity index (χ4n) is 1.20.